The molecule has 0 unspecified atom stereocenters. The van der Waals surface area contributed by atoms with Crippen LogP contribution in [0.3, 0.4) is 0 Å². The van der Waals surface area contributed by atoms with Crippen molar-refractivity contribution in [1.29, 1.82) is 0 Å². The largest absolute Gasteiger partial charge is 0.372 e. The van der Waals surface area contributed by atoms with Crippen molar-refractivity contribution in [2.75, 3.05) is 19.5 Å². The summed E-state index contributed by atoms with van der Waals surface area (Å²) in [5.74, 6) is 1.77. The third kappa shape index (κ3) is 2.14. The van der Waals surface area contributed by atoms with Gasteiger partial charge in [0, 0.05) is 19.0 Å². The molecule has 0 saturated heterocycles. The van der Waals surface area contributed by atoms with Crippen molar-refractivity contribution in [2.45, 2.75) is 51.6 Å². The van der Waals surface area contributed by atoms with Crippen LogP contribution in [-0.2, 0) is 23.2 Å². The maximum absolute atomic E-state index is 5.80. The highest BCUT2D eigenvalue weighted by Gasteiger charge is 2.33. The van der Waals surface area contributed by atoms with Crippen LogP contribution in [0.15, 0.2) is 0 Å². The average Bonchev–Trinajstić information content (AvgIpc) is 3.09. The summed E-state index contributed by atoms with van der Waals surface area (Å²) in [5, 5.41) is 4.50. The number of rotatable bonds is 5. The Labute approximate surface area is 129 Å². The summed E-state index contributed by atoms with van der Waals surface area (Å²) >= 11 is 1.83. The molecule has 2 aromatic heterocycles. The van der Waals surface area contributed by atoms with Crippen LogP contribution in [0.25, 0.3) is 10.2 Å². The van der Waals surface area contributed by atoms with Crippen molar-refractivity contribution in [2.24, 2.45) is 0 Å². The molecule has 4 nitrogen and oxygen atoms in total. The molecule has 0 spiro atoms. The number of fused-ring (bicyclic) bond motifs is 3. The van der Waals surface area contributed by atoms with E-state index in [2.05, 4.69) is 19.2 Å². The van der Waals surface area contributed by atoms with E-state index in [0.29, 0.717) is 0 Å². The molecule has 2 heterocycles. The maximum Gasteiger partial charge on any atom is 0.164 e. The van der Waals surface area contributed by atoms with E-state index < -0.39 is 0 Å². The zero-order valence-corrected chi connectivity index (χ0v) is 14.1. The van der Waals surface area contributed by atoms with E-state index in [4.69, 9.17) is 14.7 Å². The molecule has 0 fully saturated rings. The van der Waals surface area contributed by atoms with Crippen molar-refractivity contribution < 1.29 is 4.74 Å². The van der Waals surface area contributed by atoms with Gasteiger partial charge in [-0.1, -0.05) is 13.8 Å². The Balaban J connectivity index is 2.23. The molecule has 21 heavy (non-hydrogen) atoms. The lowest BCUT2D eigenvalue weighted by Crippen LogP contribution is -2.29. The van der Waals surface area contributed by atoms with E-state index in [0.717, 1.165) is 35.7 Å². The van der Waals surface area contributed by atoms with E-state index in [1.54, 1.807) is 7.11 Å². The van der Waals surface area contributed by atoms with Gasteiger partial charge in [-0.15, -0.1) is 11.3 Å². The average molecular weight is 305 g/mol. The van der Waals surface area contributed by atoms with Gasteiger partial charge >= 0.3 is 0 Å². The van der Waals surface area contributed by atoms with Gasteiger partial charge in [0.05, 0.1) is 5.39 Å². The standard InChI is InChI=1S/C16H23N3OS/c1-5-16(6-2,20-4)15-18-13(17-3)12-10-8-7-9-11(10)21-14(12)19-15/h5-9H2,1-4H3,(H,17,18,19). The van der Waals surface area contributed by atoms with E-state index in [1.807, 2.05) is 18.4 Å². The van der Waals surface area contributed by atoms with Crippen LogP contribution in [0, 0.1) is 0 Å². The number of nitrogens with one attached hydrogen (secondary N) is 1. The fourth-order valence-electron chi connectivity index (χ4n) is 3.33. The molecule has 0 aromatic carbocycles. The summed E-state index contributed by atoms with van der Waals surface area (Å²) in [4.78, 5) is 12.3. The second-order valence-corrected chi connectivity index (χ2v) is 6.67. The maximum atomic E-state index is 5.80. The van der Waals surface area contributed by atoms with Crippen LogP contribution < -0.4 is 5.32 Å². The fourth-order valence-corrected chi connectivity index (χ4v) is 4.59. The zero-order valence-electron chi connectivity index (χ0n) is 13.2. The second kappa shape index (κ2) is 5.54. The first-order valence-electron chi connectivity index (χ1n) is 7.74. The Morgan fingerprint density at radius 1 is 1.24 bits per heavy atom. The number of aryl methyl sites for hydroxylation is 2. The molecule has 1 aliphatic carbocycles. The van der Waals surface area contributed by atoms with Crippen molar-refractivity contribution >= 4 is 27.4 Å². The molecule has 2 aromatic rings. The number of ether oxygens (including phenoxy) is 1. The summed E-state index contributed by atoms with van der Waals surface area (Å²) in [6.45, 7) is 4.27. The molecule has 0 bridgehead atoms. The van der Waals surface area contributed by atoms with E-state index >= 15 is 0 Å². The normalized spacial score (nSPS) is 14.7. The van der Waals surface area contributed by atoms with Crippen LogP contribution in [0.1, 0.15) is 49.4 Å². The van der Waals surface area contributed by atoms with Crippen molar-refractivity contribution in [3.8, 4) is 0 Å². The van der Waals surface area contributed by atoms with Crippen molar-refractivity contribution in [3.63, 3.8) is 0 Å². The smallest absolute Gasteiger partial charge is 0.164 e. The number of methoxy groups -OCH3 is 1. The van der Waals surface area contributed by atoms with Gasteiger partial charge in [0.15, 0.2) is 5.82 Å². The molecule has 114 valence electrons. The van der Waals surface area contributed by atoms with Crippen LogP contribution in [-0.4, -0.2) is 24.1 Å². The Morgan fingerprint density at radius 3 is 2.62 bits per heavy atom. The van der Waals surface area contributed by atoms with E-state index in [1.165, 1.54) is 28.7 Å². The highest BCUT2D eigenvalue weighted by molar-refractivity contribution is 7.19. The first-order valence-corrected chi connectivity index (χ1v) is 8.56. The molecule has 1 aliphatic rings. The molecule has 3 rings (SSSR count). The van der Waals surface area contributed by atoms with Gasteiger partial charge in [-0.05, 0) is 37.7 Å². The number of nitrogens with zero attached hydrogens (tertiary/aromatic N) is 2. The van der Waals surface area contributed by atoms with Gasteiger partial charge < -0.3 is 10.1 Å². The number of aromatic nitrogens is 2. The summed E-state index contributed by atoms with van der Waals surface area (Å²) in [7, 11) is 3.70. The Hall–Kier alpha value is -1.20. The minimum atomic E-state index is -0.381. The fraction of sp³-hybridized carbons (Fsp3) is 0.625. The van der Waals surface area contributed by atoms with Crippen LogP contribution in [0.2, 0.25) is 0 Å². The molecular formula is C16H23N3OS. The van der Waals surface area contributed by atoms with Crippen LogP contribution in [0.5, 0.6) is 0 Å². The van der Waals surface area contributed by atoms with Gasteiger partial charge in [-0.3, -0.25) is 0 Å². The van der Waals surface area contributed by atoms with Gasteiger partial charge in [-0.25, -0.2) is 9.97 Å². The lowest BCUT2D eigenvalue weighted by molar-refractivity contribution is -0.0287. The van der Waals surface area contributed by atoms with E-state index in [9.17, 15) is 0 Å². The molecule has 0 saturated carbocycles. The van der Waals surface area contributed by atoms with Gasteiger partial charge in [-0.2, -0.15) is 0 Å². The number of hydrogen-bond acceptors (Lipinski definition) is 5. The third-order valence-corrected chi connectivity index (χ3v) is 5.93. The molecule has 0 amide bonds. The Kier molecular flexibility index (Phi) is 3.88. The summed E-state index contributed by atoms with van der Waals surface area (Å²) in [6.07, 6.45) is 5.35. The second-order valence-electron chi connectivity index (χ2n) is 5.59. The molecule has 0 aliphatic heterocycles. The minimum Gasteiger partial charge on any atom is -0.372 e. The molecule has 0 atom stereocenters. The molecule has 5 heteroatoms. The molecule has 0 radical (unpaired) electrons. The first kappa shape index (κ1) is 14.7. The molecule has 1 N–H and O–H groups in total. The van der Waals surface area contributed by atoms with Gasteiger partial charge in [0.25, 0.3) is 0 Å². The van der Waals surface area contributed by atoms with Crippen LogP contribution in [0.4, 0.5) is 5.82 Å². The number of hydrogen-bond donors (Lipinski definition) is 1. The molecular weight excluding hydrogens is 282 g/mol. The van der Waals surface area contributed by atoms with Crippen molar-refractivity contribution in [1.82, 2.24) is 9.97 Å². The third-order valence-electron chi connectivity index (χ3n) is 4.74. The topological polar surface area (TPSA) is 47.0 Å². The predicted molar refractivity (Wildman–Crippen MR) is 88.3 cm³/mol. The number of thiophene rings is 1. The quantitative estimate of drug-likeness (QED) is 0.910. The summed E-state index contributed by atoms with van der Waals surface area (Å²) in [5.41, 5.74) is 1.08. The van der Waals surface area contributed by atoms with E-state index in [-0.39, 0.29) is 5.60 Å². The summed E-state index contributed by atoms with van der Waals surface area (Å²) < 4.78 is 5.80. The zero-order chi connectivity index (χ0) is 15.0. The Bertz CT molecular complexity index is 653. The Morgan fingerprint density at radius 2 is 2.00 bits per heavy atom. The first-order chi connectivity index (χ1) is 10.2. The predicted octanol–water partition coefficient (Wildman–Crippen LogP) is 3.88. The minimum absolute atomic E-state index is 0.381. The van der Waals surface area contributed by atoms with Gasteiger partial charge in [0.1, 0.15) is 16.2 Å². The highest BCUT2D eigenvalue weighted by atomic mass is 32.1. The monoisotopic (exact) mass is 305 g/mol. The SMILES string of the molecule is CCC(CC)(OC)c1nc(NC)c2c3c(sc2n1)CCC3. The van der Waals surface area contributed by atoms with Gasteiger partial charge in [0.2, 0.25) is 0 Å². The number of anilines is 1. The van der Waals surface area contributed by atoms with Crippen LogP contribution >= 0.6 is 11.3 Å². The lowest BCUT2D eigenvalue weighted by Gasteiger charge is -2.28. The lowest BCUT2D eigenvalue weighted by atomic mass is 9.96. The summed E-state index contributed by atoms with van der Waals surface area (Å²) in [6, 6.07) is 0. The highest BCUT2D eigenvalue weighted by Crippen LogP contribution is 2.41. The van der Waals surface area contributed by atoms with Crippen molar-refractivity contribution in [3.05, 3.63) is 16.3 Å².